The van der Waals surface area contributed by atoms with Gasteiger partial charge in [-0.1, -0.05) is 11.6 Å². The van der Waals surface area contributed by atoms with Crippen molar-refractivity contribution in [3.05, 3.63) is 27.7 Å². The zero-order valence-corrected chi connectivity index (χ0v) is 11.6. The van der Waals surface area contributed by atoms with Gasteiger partial charge in [0.25, 0.3) is 0 Å². The number of carboxylic acids is 1. The smallest absolute Gasteiger partial charge is 0.328 e. The highest BCUT2D eigenvalue weighted by molar-refractivity contribution is 9.10. The van der Waals surface area contributed by atoms with Crippen LogP contribution in [0.5, 0.6) is 0 Å². The second kappa shape index (κ2) is 5.03. The van der Waals surface area contributed by atoms with Gasteiger partial charge in [-0.05, 0) is 51.5 Å². The molecule has 2 rings (SSSR count). The number of hydrogen-bond acceptors (Lipinski definition) is 4. The highest BCUT2D eigenvalue weighted by Crippen LogP contribution is 2.28. The van der Waals surface area contributed by atoms with E-state index in [1.807, 2.05) is 0 Å². The molecule has 1 atom stereocenters. The van der Waals surface area contributed by atoms with Crippen molar-refractivity contribution in [3.8, 4) is 11.4 Å². The molecule has 0 bridgehead atoms. The quantitative estimate of drug-likeness (QED) is 0.934. The molecule has 8 heteroatoms. The maximum Gasteiger partial charge on any atom is 0.328 e. The number of aliphatic carboxylic acids is 1. The zero-order chi connectivity index (χ0) is 13.3. The Morgan fingerprint density at radius 1 is 1.56 bits per heavy atom. The maximum absolute atomic E-state index is 11.0. The Labute approximate surface area is 116 Å². The van der Waals surface area contributed by atoms with Crippen molar-refractivity contribution in [2.75, 3.05) is 0 Å². The number of carbonyl (C=O) groups is 1. The Bertz CT molecular complexity index is 601. The number of aromatic nitrogens is 4. The molecule has 0 saturated heterocycles. The average molecular weight is 332 g/mol. The molecule has 1 aromatic carbocycles. The van der Waals surface area contributed by atoms with Gasteiger partial charge in [-0.3, -0.25) is 0 Å². The average Bonchev–Trinajstić information content (AvgIpc) is 2.80. The first-order chi connectivity index (χ1) is 8.50. The standard InChI is InChI=1S/C10H8BrClN4O2/c1-5(10(17)18)16-9(13-14-15-16)6-2-3-8(12)7(11)4-6/h2-5H,1H3,(H,17,18). The highest BCUT2D eigenvalue weighted by Gasteiger charge is 2.20. The molecule has 1 N–H and O–H groups in total. The van der Waals surface area contributed by atoms with Crippen LogP contribution in [0.2, 0.25) is 5.02 Å². The molecule has 1 heterocycles. The fourth-order valence-electron chi connectivity index (χ4n) is 1.38. The Balaban J connectivity index is 2.48. The van der Waals surface area contributed by atoms with Gasteiger partial charge in [-0.2, -0.15) is 0 Å². The Morgan fingerprint density at radius 2 is 2.28 bits per heavy atom. The molecule has 0 fully saturated rings. The number of hydrogen-bond donors (Lipinski definition) is 1. The Morgan fingerprint density at radius 3 is 2.89 bits per heavy atom. The van der Waals surface area contributed by atoms with E-state index in [1.165, 1.54) is 11.6 Å². The molecule has 1 unspecified atom stereocenters. The van der Waals surface area contributed by atoms with E-state index in [9.17, 15) is 4.79 Å². The summed E-state index contributed by atoms with van der Waals surface area (Å²) in [5.74, 6) is -0.626. The van der Waals surface area contributed by atoms with E-state index in [2.05, 4.69) is 31.5 Å². The second-order valence-corrected chi connectivity index (χ2v) is 4.85. The first-order valence-corrected chi connectivity index (χ1v) is 6.14. The predicted molar refractivity (Wildman–Crippen MR) is 68.3 cm³/mol. The van der Waals surface area contributed by atoms with Crippen LogP contribution in [-0.4, -0.2) is 31.3 Å². The van der Waals surface area contributed by atoms with Gasteiger partial charge < -0.3 is 5.11 Å². The van der Waals surface area contributed by atoms with Gasteiger partial charge in [0.15, 0.2) is 11.9 Å². The van der Waals surface area contributed by atoms with Crippen LogP contribution in [0.25, 0.3) is 11.4 Å². The summed E-state index contributed by atoms with van der Waals surface area (Å²) in [6.07, 6.45) is 0. The van der Waals surface area contributed by atoms with E-state index in [-0.39, 0.29) is 0 Å². The molecule has 2 aromatic rings. The summed E-state index contributed by atoms with van der Waals surface area (Å²) in [6, 6.07) is 4.30. The van der Waals surface area contributed by atoms with Crippen LogP contribution in [0.15, 0.2) is 22.7 Å². The van der Waals surface area contributed by atoms with Crippen LogP contribution in [0.4, 0.5) is 0 Å². The van der Waals surface area contributed by atoms with Crippen molar-refractivity contribution in [1.29, 1.82) is 0 Å². The highest BCUT2D eigenvalue weighted by atomic mass is 79.9. The van der Waals surface area contributed by atoms with Crippen molar-refractivity contribution in [2.45, 2.75) is 13.0 Å². The molecule has 0 aliphatic carbocycles. The fraction of sp³-hybridized carbons (Fsp3) is 0.200. The van der Waals surface area contributed by atoms with Crippen LogP contribution in [-0.2, 0) is 4.79 Å². The van der Waals surface area contributed by atoms with Crippen LogP contribution < -0.4 is 0 Å². The van der Waals surface area contributed by atoms with Gasteiger partial charge >= 0.3 is 5.97 Å². The maximum atomic E-state index is 11.0. The van der Waals surface area contributed by atoms with E-state index in [0.29, 0.717) is 20.9 Å². The van der Waals surface area contributed by atoms with Gasteiger partial charge in [0, 0.05) is 10.0 Å². The minimum atomic E-state index is -1.00. The summed E-state index contributed by atoms with van der Waals surface area (Å²) in [6.45, 7) is 1.51. The third-order valence-electron chi connectivity index (χ3n) is 2.39. The Kier molecular flexibility index (Phi) is 3.63. The second-order valence-electron chi connectivity index (χ2n) is 3.59. The first kappa shape index (κ1) is 13.0. The van der Waals surface area contributed by atoms with E-state index in [4.69, 9.17) is 16.7 Å². The summed E-state index contributed by atoms with van der Waals surface area (Å²) < 4.78 is 1.94. The molecular weight excluding hydrogens is 323 g/mol. The molecule has 1 aromatic heterocycles. The number of carboxylic acid groups (broad SMARTS) is 1. The van der Waals surface area contributed by atoms with Crippen molar-refractivity contribution in [2.24, 2.45) is 0 Å². The minimum Gasteiger partial charge on any atom is -0.480 e. The predicted octanol–water partition coefficient (Wildman–Crippen LogP) is 2.40. The van der Waals surface area contributed by atoms with Crippen molar-refractivity contribution in [3.63, 3.8) is 0 Å². The largest absolute Gasteiger partial charge is 0.480 e. The van der Waals surface area contributed by atoms with E-state index in [1.54, 1.807) is 18.2 Å². The molecule has 0 aliphatic heterocycles. The van der Waals surface area contributed by atoms with Gasteiger partial charge in [0.1, 0.15) is 0 Å². The molecule has 18 heavy (non-hydrogen) atoms. The van der Waals surface area contributed by atoms with Crippen molar-refractivity contribution >= 4 is 33.5 Å². The van der Waals surface area contributed by atoms with Crippen molar-refractivity contribution < 1.29 is 9.90 Å². The summed E-state index contributed by atoms with van der Waals surface area (Å²) in [7, 11) is 0. The van der Waals surface area contributed by atoms with Crippen LogP contribution in [0.1, 0.15) is 13.0 Å². The topological polar surface area (TPSA) is 80.9 Å². The Hall–Kier alpha value is -1.47. The zero-order valence-electron chi connectivity index (χ0n) is 9.21. The normalized spacial score (nSPS) is 12.4. The number of nitrogens with zero attached hydrogens (tertiary/aromatic N) is 4. The number of rotatable bonds is 3. The van der Waals surface area contributed by atoms with Crippen LogP contribution in [0, 0.1) is 0 Å². The van der Waals surface area contributed by atoms with Gasteiger partial charge in [0.05, 0.1) is 5.02 Å². The number of tetrazole rings is 1. The lowest BCUT2D eigenvalue weighted by Crippen LogP contribution is -2.18. The number of halogens is 2. The van der Waals surface area contributed by atoms with E-state index in [0.717, 1.165) is 0 Å². The summed E-state index contributed by atoms with van der Waals surface area (Å²) >= 11 is 9.19. The van der Waals surface area contributed by atoms with E-state index >= 15 is 0 Å². The lowest BCUT2D eigenvalue weighted by molar-refractivity contribution is -0.140. The molecule has 0 radical (unpaired) electrons. The lowest BCUT2D eigenvalue weighted by Gasteiger charge is -2.09. The molecule has 0 aliphatic rings. The monoisotopic (exact) mass is 330 g/mol. The number of benzene rings is 1. The summed E-state index contributed by atoms with van der Waals surface area (Å²) in [4.78, 5) is 11.0. The van der Waals surface area contributed by atoms with Crippen LogP contribution in [0.3, 0.4) is 0 Å². The lowest BCUT2D eigenvalue weighted by atomic mass is 10.2. The molecule has 94 valence electrons. The van der Waals surface area contributed by atoms with Crippen LogP contribution >= 0.6 is 27.5 Å². The minimum absolute atomic E-state index is 0.377. The summed E-state index contributed by atoms with van der Waals surface area (Å²) in [5.41, 5.74) is 0.685. The first-order valence-electron chi connectivity index (χ1n) is 4.97. The van der Waals surface area contributed by atoms with Gasteiger partial charge in [0.2, 0.25) is 0 Å². The molecule has 6 nitrogen and oxygen atoms in total. The third-order valence-corrected chi connectivity index (χ3v) is 3.61. The van der Waals surface area contributed by atoms with Crippen molar-refractivity contribution in [1.82, 2.24) is 20.2 Å². The molecule has 0 spiro atoms. The SMILES string of the molecule is CC(C(=O)O)n1nnnc1-c1ccc(Cl)c(Br)c1. The van der Waals surface area contributed by atoms with E-state index < -0.39 is 12.0 Å². The molecule has 0 amide bonds. The molecular formula is C10H8BrClN4O2. The fourth-order valence-corrected chi connectivity index (χ4v) is 1.88. The van der Waals surface area contributed by atoms with Gasteiger partial charge in [-0.15, -0.1) is 5.10 Å². The third kappa shape index (κ3) is 2.37. The summed E-state index contributed by atoms with van der Waals surface area (Å²) in [5, 5.41) is 20.6. The van der Waals surface area contributed by atoms with Gasteiger partial charge in [-0.25, -0.2) is 9.48 Å². The molecule has 0 saturated carbocycles.